The van der Waals surface area contributed by atoms with Crippen molar-refractivity contribution in [2.24, 2.45) is 0 Å². The zero-order valence-electron chi connectivity index (χ0n) is 14.9. The lowest BCUT2D eigenvalue weighted by Gasteiger charge is -2.25. The maximum absolute atomic E-state index is 13.0. The van der Waals surface area contributed by atoms with E-state index in [0.717, 1.165) is 0 Å². The Morgan fingerprint density at radius 3 is 2.07 bits per heavy atom. The number of rotatable bonds is 5. The van der Waals surface area contributed by atoms with Crippen molar-refractivity contribution < 1.29 is 40.7 Å². The van der Waals surface area contributed by atoms with Crippen LogP contribution in [0.5, 0.6) is 0 Å². The number of benzene rings is 1. The van der Waals surface area contributed by atoms with Crippen molar-refractivity contribution in [1.82, 2.24) is 15.6 Å². The van der Waals surface area contributed by atoms with Gasteiger partial charge in [-0.3, -0.25) is 15.1 Å². The van der Waals surface area contributed by atoms with Gasteiger partial charge >= 0.3 is 18.4 Å². The second-order valence-corrected chi connectivity index (χ2v) is 6.44. The van der Waals surface area contributed by atoms with Gasteiger partial charge in [-0.25, -0.2) is 4.79 Å². The van der Waals surface area contributed by atoms with E-state index in [0.29, 0.717) is 12.1 Å². The summed E-state index contributed by atoms with van der Waals surface area (Å²) in [6.07, 6.45) is -8.65. The first-order valence-electron chi connectivity index (χ1n) is 8.33. The van der Waals surface area contributed by atoms with Crippen LogP contribution in [0.3, 0.4) is 0 Å². The number of hydrogen-bond acceptors (Lipinski definition) is 4. The molecule has 0 aliphatic carbocycles. The molecule has 1 fully saturated rings. The molecular formula is C18H13F6N3O3. The molecule has 6 nitrogen and oxygen atoms in total. The Morgan fingerprint density at radius 1 is 0.967 bits per heavy atom. The van der Waals surface area contributed by atoms with Crippen molar-refractivity contribution in [2.75, 3.05) is 6.61 Å². The zero-order chi connectivity index (χ0) is 22.2. The van der Waals surface area contributed by atoms with Gasteiger partial charge in [0.2, 0.25) is 0 Å². The highest BCUT2D eigenvalue weighted by Crippen LogP contribution is 2.36. The largest absolute Gasteiger partial charge is 0.416 e. The lowest BCUT2D eigenvalue weighted by Crippen LogP contribution is -2.48. The highest BCUT2D eigenvalue weighted by atomic mass is 19.4. The summed E-state index contributed by atoms with van der Waals surface area (Å²) < 4.78 is 83.0. The van der Waals surface area contributed by atoms with Crippen LogP contribution in [-0.2, 0) is 34.0 Å². The number of nitrogens with one attached hydrogen (secondary N) is 2. The van der Waals surface area contributed by atoms with Crippen LogP contribution in [0.15, 0.2) is 42.6 Å². The molecule has 2 N–H and O–H groups in total. The number of alkyl halides is 6. The molecule has 12 heteroatoms. The number of halogens is 6. The fraction of sp³-hybridized carbons (Fsp3) is 0.278. The summed E-state index contributed by atoms with van der Waals surface area (Å²) in [6.45, 7) is -1.25. The Bertz CT molecular complexity index is 930. The van der Waals surface area contributed by atoms with Crippen LogP contribution >= 0.6 is 0 Å². The number of nitrogens with zero attached hydrogens (tertiary/aromatic N) is 1. The van der Waals surface area contributed by atoms with Crippen molar-refractivity contribution in [3.8, 4) is 0 Å². The summed E-state index contributed by atoms with van der Waals surface area (Å²) in [7, 11) is 0. The number of ether oxygens (including phenoxy) is 1. The number of carbonyl (C=O) groups excluding carboxylic acids is 2. The van der Waals surface area contributed by atoms with E-state index in [2.05, 4.69) is 10.3 Å². The van der Waals surface area contributed by atoms with E-state index in [4.69, 9.17) is 4.74 Å². The van der Waals surface area contributed by atoms with E-state index in [1.54, 1.807) is 6.07 Å². The fourth-order valence-electron chi connectivity index (χ4n) is 2.89. The van der Waals surface area contributed by atoms with Crippen LogP contribution in [0.4, 0.5) is 31.1 Å². The number of hydrogen-bond donors (Lipinski definition) is 2. The van der Waals surface area contributed by atoms with E-state index in [-0.39, 0.29) is 11.8 Å². The summed E-state index contributed by atoms with van der Waals surface area (Å²) >= 11 is 0. The summed E-state index contributed by atoms with van der Waals surface area (Å²) in [5.74, 6) is -0.814. The molecule has 1 unspecified atom stereocenters. The number of imide groups is 1. The van der Waals surface area contributed by atoms with Crippen LogP contribution < -0.4 is 10.6 Å². The minimum Gasteiger partial charge on any atom is -0.373 e. The topological polar surface area (TPSA) is 80.3 Å². The second kappa shape index (κ2) is 7.59. The molecule has 1 saturated heterocycles. The molecule has 2 heterocycles. The Labute approximate surface area is 165 Å². The van der Waals surface area contributed by atoms with Crippen LogP contribution in [0.25, 0.3) is 0 Å². The molecule has 0 saturated carbocycles. The molecule has 3 amide bonds. The molecule has 30 heavy (non-hydrogen) atoms. The lowest BCUT2D eigenvalue weighted by atomic mass is 9.96. The number of aromatic nitrogens is 1. The third kappa shape index (κ3) is 4.37. The van der Waals surface area contributed by atoms with Gasteiger partial charge in [0, 0.05) is 6.20 Å². The first-order valence-corrected chi connectivity index (χ1v) is 8.33. The number of amides is 3. The molecule has 1 aliphatic rings. The molecular weight excluding hydrogens is 420 g/mol. The highest BCUT2D eigenvalue weighted by molar-refractivity contribution is 6.07. The van der Waals surface area contributed by atoms with Gasteiger partial charge in [-0.15, -0.1) is 0 Å². The van der Waals surface area contributed by atoms with Crippen LogP contribution in [0, 0.1) is 0 Å². The maximum Gasteiger partial charge on any atom is 0.416 e. The number of urea groups is 1. The van der Waals surface area contributed by atoms with Gasteiger partial charge < -0.3 is 10.1 Å². The van der Waals surface area contributed by atoms with E-state index < -0.39 is 59.7 Å². The molecule has 2 aromatic rings. The minimum atomic E-state index is -5.00. The predicted octanol–water partition coefficient (Wildman–Crippen LogP) is 3.37. The summed E-state index contributed by atoms with van der Waals surface area (Å²) in [4.78, 5) is 27.9. The van der Waals surface area contributed by atoms with Gasteiger partial charge in [-0.1, -0.05) is 6.07 Å². The van der Waals surface area contributed by atoms with Gasteiger partial charge in [0.05, 0.1) is 30.0 Å². The van der Waals surface area contributed by atoms with E-state index >= 15 is 0 Å². The third-order valence-electron chi connectivity index (χ3n) is 4.28. The average Bonchev–Trinajstić information content (AvgIpc) is 2.95. The summed E-state index contributed by atoms with van der Waals surface area (Å²) in [5.41, 5.74) is -5.05. The van der Waals surface area contributed by atoms with E-state index in [1.807, 2.05) is 5.32 Å². The third-order valence-corrected chi connectivity index (χ3v) is 4.28. The monoisotopic (exact) mass is 433 g/mol. The Kier molecular flexibility index (Phi) is 5.46. The summed E-state index contributed by atoms with van der Waals surface area (Å²) in [5, 5.41) is 4.35. The van der Waals surface area contributed by atoms with Crippen molar-refractivity contribution in [1.29, 1.82) is 0 Å². The SMILES string of the molecule is O=C1NC(=O)C(COCc2cc(C(F)(F)F)cc(C(F)(F)F)c2)(c2ccccn2)N1. The smallest absolute Gasteiger partial charge is 0.373 e. The molecule has 3 rings (SSSR count). The van der Waals surface area contributed by atoms with Gasteiger partial charge in [-0.2, -0.15) is 26.3 Å². The molecule has 160 valence electrons. The molecule has 1 aromatic heterocycles. The maximum atomic E-state index is 13.0. The first kappa shape index (κ1) is 21.6. The lowest BCUT2D eigenvalue weighted by molar-refractivity contribution is -0.143. The number of pyridine rings is 1. The highest BCUT2D eigenvalue weighted by Gasteiger charge is 2.49. The molecule has 1 aromatic carbocycles. The standard InChI is InChI=1S/C18H13F6N3O3/c19-17(20,21)11-5-10(6-12(7-11)18(22,23)24)8-30-9-16(13-3-1-2-4-25-13)14(28)26-15(29)27-16/h1-7H,8-9H2,(H2,26,27,28,29). The molecule has 1 atom stereocenters. The van der Waals surface area contributed by atoms with Gasteiger partial charge in [0.25, 0.3) is 5.91 Å². The van der Waals surface area contributed by atoms with Crippen LogP contribution in [0.2, 0.25) is 0 Å². The predicted molar refractivity (Wildman–Crippen MR) is 88.7 cm³/mol. The molecule has 0 bridgehead atoms. The second-order valence-electron chi connectivity index (χ2n) is 6.44. The van der Waals surface area contributed by atoms with Crippen molar-refractivity contribution in [3.63, 3.8) is 0 Å². The minimum absolute atomic E-state index is 0.00349. The summed E-state index contributed by atoms with van der Waals surface area (Å²) in [6, 6.07) is 4.71. The Morgan fingerprint density at radius 2 is 1.60 bits per heavy atom. The quantitative estimate of drug-likeness (QED) is 0.560. The molecule has 0 radical (unpaired) electrons. The van der Waals surface area contributed by atoms with Crippen molar-refractivity contribution >= 4 is 11.9 Å². The van der Waals surface area contributed by atoms with Gasteiger partial charge in [0.15, 0.2) is 5.54 Å². The van der Waals surface area contributed by atoms with Crippen LogP contribution in [0.1, 0.15) is 22.4 Å². The average molecular weight is 433 g/mol. The van der Waals surface area contributed by atoms with Crippen molar-refractivity contribution in [2.45, 2.75) is 24.5 Å². The zero-order valence-corrected chi connectivity index (χ0v) is 14.9. The first-order chi connectivity index (χ1) is 13.9. The van der Waals surface area contributed by atoms with Gasteiger partial charge in [0.1, 0.15) is 0 Å². The molecule has 1 aliphatic heterocycles. The van der Waals surface area contributed by atoms with Gasteiger partial charge in [-0.05, 0) is 35.9 Å². The Balaban J connectivity index is 1.86. The van der Waals surface area contributed by atoms with Crippen molar-refractivity contribution in [3.05, 3.63) is 65.0 Å². The van der Waals surface area contributed by atoms with Crippen LogP contribution in [-0.4, -0.2) is 23.5 Å². The van der Waals surface area contributed by atoms with E-state index in [1.165, 1.54) is 18.3 Å². The normalized spacial score (nSPS) is 19.5. The van der Waals surface area contributed by atoms with E-state index in [9.17, 15) is 35.9 Å². The number of carbonyl (C=O) groups is 2. The fourth-order valence-corrected chi connectivity index (χ4v) is 2.89. The Hall–Kier alpha value is -3.15. The molecule has 0 spiro atoms.